The minimum absolute atomic E-state index is 0.0631. The number of carbonyl (C=O) groups is 3. The molecule has 2 amide bonds. The number of nitrogens with one attached hydrogen (secondary N) is 1. The fourth-order valence-electron chi connectivity index (χ4n) is 5.99. The van der Waals surface area contributed by atoms with Gasteiger partial charge in [0.05, 0.1) is 17.8 Å². The third-order valence-electron chi connectivity index (χ3n) is 8.36. The molecule has 2 saturated heterocycles. The number of aromatic nitrogens is 2. The number of carbonyl (C=O) groups excluding carboxylic acids is 2. The van der Waals surface area contributed by atoms with Gasteiger partial charge in [0.15, 0.2) is 5.69 Å². The van der Waals surface area contributed by atoms with Crippen LogP contribution in [0.5, 0.6) is 0 Å². The molecule has 11 nitrogen and oxygen atoms in total. The molecular weight excluding hydrogens is 557 g/mol. The molecule has 2 aromatic rings. The SMILES string of the molecule is CC1CCCN(c2nc(C(F)(F)F)c(C(=O)Nc3ccc(N4CCN(C(=O)[C@H]5CC[C@H](C(=O)O)CC5)CC4)nc3)o2)C1. The number of carboxylic acid groups (broad SMARTS) is 1. The van der Waals surface area contributed by atoms with Crippen molar-refractivity contribution in [1.82, 2.24) is 14.9 Å². The van der Waals surface area contributed by atoms with Crippen LogP contribution >= 0.6 is 0 Å². The number of amides is 2. The molecule has 0 aromatic carbocycles. The summed E-state index contributed by atoms with van der Waals surface area (Å²) in [6.45, 7) is 5.09. The van der Waals surface area contributed by atoms with E-state index >= 15 is 0 Å². The number of piperazine rings is 1. The van der Waals surface area contributed by atoms with Crippen LogP contribution in [0.1, 0.15) is 61.7 Å². The summed E-state index contributed by atoms with van der Waals surface area (Å²) >= 11 is 0. The number of hydrogen-bond acceptors (Lipinski definition) is 8. The lowest BCUT2D eigenvalue weighted by Crippen LogP contribution is -2.51. The summed E-state index contributed by atoms with van der Waals surface area (Å²) in [4.78, 5) is 50.4. The first kappa shape index (κ1) is 29.6. The normalized spacial score (nSPS) is 23.5. The van der Waals surface area contributed by atoms with Crippen molar-refractivity contribution in [2.75, 3.05) is 54.4 Å². The molecular formula is C28H35F3N6O5. The van der Waals surface area contributed by atoms with E-state index in [-0.39, 0.29) is 35.4 Å². The van der Waals surface area contributed by atoms with E-state index in [0.29, 0.717) is 70.8 Å². The number of pyridine rings is 1. The minimum atomic E-state index is -4.86. The van der Waals surface area contributed by atoms with Gasteiger partial charge < -0.3 is 29.5 Å². The zero-order valence-corrected chi connectivity index (χ0v) is 23.4. The average molecular weight is 593 g/mol. The molecule has 0 radical (unpaired) electrons. The lowest BCUT2D eigenvalue weighted by molar-refractivity contribution is -0.145. The van der Waals surface area contributed by atoms with Gasteiger partial charge in [0.1, 0.15) is 5.82 Å². The fraction of sp³-hybridized carbons (Fsp3) is 0.607. The van der Waals surface area contributed by atoms with Gasteiger partial charge in [-0.1, -0.05) is 6.92 Å². The lowest BCUT2D eigenvalue weighted by Gasteiger charge is -2.38. The van der Waals surface area contributed by atoms with Gasteiger partial charge in [-0.25, -0.2) is 4.98 Å². The molecule has 0 spiro atoms. The van der Waals surface area contributed by atoms with Crippen molar-refractivity contribution >= 4 is 35.3 Å². The molecule has 228 valence electrons. The lowest BCUT2D eigenvalue weighted by atomic mass is 9.81. The van der Waals surface area contributed by atoms with Crippen LogP contribution in [0.3, 0.4) is 0 Å². The van der Waals surface area contributed by atoms with Gasteiger partial charge in [0, 0.05) is 45.2 Å². The van der Waals surface area contributed by atoms with Crippen molar-refractivity contribution in [3.63, 3.8) is 0 Å². The number of alkyl halides is 3. The Balaban J connectivity index is 1.17. The monoisotopic (exact) mass is 592 g/mol. The molecule has 1 saturated carbocycles. The van der Waals surface area contributed by atoms with Crippen molar-refractivity contribution in [3.05, 3.63) is 29.8 Å². The van der Waals surface area contributed by atoms with Crippen molar-refractivity contribution in [2.24, 2.45) is 17.8 Å². The van der Waals surface area contributed by atoms with Crippen LogP contribution in [-0.4, -0.2) is 77.0 Å². The summed E-state index contributed by atoms with van der Waals surface area (Å²) in [5.41, 5.74) is -1.16. The molecule has 2 aromatic heterocycles. The van der Waals surface area contributed by atoms with Crippen LogP contribution in [0.4, 0.5) is 30.7 Å². The first-order chi connectivity index (χ1) is 20.0. The molecule has 1 aliphatic carbocycles. The first-order valence-corrected chi connectivity index (χ1v) is 14.4. The molecule has 3 fully saturated rings. The van der Waals surface area contributed by atoms with Crippen molar-refractivity contribution in [3.8, 4) is 0 Å². The number of anilines is 3. The van der Waals surface area contributed by atoms with E-state index < -0.39 is 29.5 Å². The number of rotatable bonds is 6. The van der Waals surface area contributed by atoms with Gasteiger partial charge in [0.2, 0.25) is 11.7 Å². The van der Waals surface area contributed by atoms with Crippen LogP contribution in [0.15, 0.2) is 22.7 Å². The Labute approximate surface area is 241 Å². The largest absolute Gasteiger partial charge is 0.481 e. The van der Waals surface area contributed by atoms with Gasteiger partial charge in [-0.05, 0) is 56.6 Å². The molecule has 14 heteroatoms. The second kappa shape index (κ2) is 12.2. The number of hydrogen-bond donors (Lipinski definition) is 2. The molecule has 5 rings (SSSR count). The van der Waals surface area contributed by atoms with E-state index in [9.17, 15) is 32.7 Å². The summed E-state index contributed by atoms with van der Waals surface area (Å²) in [5.74, 6) is -2.32. The highest BCUT2D eigenvalue weighted by atomic mass is 19.4. The third kappa shape index (κ3) is 6.62. The first-order valence-electron chi connectivity index (χ1n) is 14.4. The average Bonchev–Trinajstić information content (AvgIpc) is 3.44. The summed E-state index contributed by atoms with van der Waals surface area (Å²) in [6.07, 6.45) is 0.471. The standard InChI is InChI=1S/C28H35F3N6O5/c1-17-3-2-10-37(16-17)27-34-23(28(29,30)31)22(42-27)24(38)33-20-8-9-21(32-15-20)35-11-13-36(14-12-35)25(39)18-4-6-19(7-5-18)26(40)41/h8-9,15,17-19H,2-7,10-14,16H2,1H3,(H,33,38)(H,40,41)/t17?,18-,19-. The van der Waals surface area contributed by atoms with Gasteiger partial charge in [-0.15, -0.1) is 0 Å². The Morgan fingerprint density at radius 2 is 1.67 bits per heavy atom. The molecule has 2 aliphatic heterocycles. The zero-order valence-electron chi connectivity index (χ0n) is 23.4. The molecule has 1 atom stereocenters. The Morgan fingerprint density at radius 3 is 2.26 bits per heavy atom. The highest BCUT2D eigenvalue weighted by Crippen LogP contribution is 2.35. The number of piperidine rings is 1. The van der Waals surface area contributed by atoms with Crippen LogP contribution < -0.4 is 15.1 Å². The topological polar surface area (TPSA) is 132 Å². The van der Waals surface area contributed by atoms with Crippen molar-refractivity contribution < 1.29 is 37.1 Å². The molecule has 4 heterocycles. The Bertz CT molecular complexity index is 1280. The Morgan fingerprint density at radius 1 is 0.976 bits per heavy atom. The second-order valence-corrected chi connectivity index (χ2v) is 11.4. The van der Waals surface area contributed by atoms with Gasteiger partial charge in [-0.2, -0.15) is 18.2 Å². The van der Waals surface area contributed by atoms with E-state index in [4.69, 9.17) is 4.42 Å². The highest BCUT2D eigenvalue weighted by molar-refractivity contribution is 6.03. The van der Waals surface area contributed by atoms with E-state index in [2.05, 4.69) is 15.3 Å². The summed E-state index contributed by atoms with van der Waals surface area (Å²) in [5, 5.41) is 11.6. The van der Waals surface area contributed by atoms with Crippen LogP contribution in [0.2, 0.25) is 0 Å². The maximum absolute atomic E-state index is 13.7. The predicted octanol–water partition coefficient (Wildman–Crippen LogP) is 4.12. The smallest absolute Gasteiger partial charge is 0.437 e. The highest BCUT2D eigenvalue weighted by Gasteiger charge is 2.42. The predicted molar refractivity (Wildman–Crippen MR) is 146 cm³/mol. The van der Waals surface area contributed by atoms with Gasteiger partial charge >= 0.3 is 12.1 Å². The number of oxazole rings is 1. The van der Waals surface area contributed by atoms with Crippen molar-refractivity contribution in [1.29, 1.82) is 0 Å². The number of nitrogens with zero attached hydrogens (tertiary/aromatic N) is 5. The number of halogens is 3. The molecule has 3 aliphatic rings. The summed E-state index contributed by atoms with van der Waals surface area (Å²) in [7, 11) is 0. The molecule has 42 heavy (non-hydrogen) atoms. The zero-order chi connectivity index (χ0) is 30.0. The molecule has 0 bridgehead atoms. The second-order valence-electron chi connectivity index (χ2n) is 11.4. The van der Waals surface area contributed by atoms with E-state index in [1.807, 2.05) is 16.7 Å². The molecule has 2 N–H and O–H groups in total. The van der Waals surface area contributed by atoms with E-state index in [1.54, 1.807) is 17.0 Å². The van der Waals surface area contributed by atoms with Crippen LogP contribution in [0.25, 0.3) is 0 Å². The molecule has 1 unspecified atom stereocenters. The van der Waals surface area contributed by atoms with E-state index in [1.165, 1.54) is 6.20 Å². The quantitative estimate of drug-likeness (QED) is 0.509. The maximum atomic E-state index is 13.7. The Hall–Kier alpha value is -3.84. The number of carboxylic acids is 1. The number of aliphatic carboxylic acids is 1. The van der Waals surface area contributed by atoms with Gasteiger partial charge in [-0.3, -0.25) is 14.4 Å². The minimum Gasteiger partial charge on any atom is -0.481 e. The Kier molecular flexibility index (Phi) is 8.60. The third-order valence-corrected chi connectivity index (χ3v) is 8.36. The van der Waals surface area contributed by atoms with Gasteiger partial charge in [0.25, 0.3) is 11.9 Å². The van der Waals surface area contributed by atoms with Crippen LogP contribution in [0, 0.1) is 17.8 Å². The fourth-order valence-corrected chi connectivity index (χ4v) is 5.99. The summed E-state index contributed by atoms with van der Waals surface area (Å²) in [6, 6.07) is 3.00. The maximum Gasteiger partial charge on any atom is 0.437 e. The van der Waals surface area contributed by atoms with Crippen LogP contribution in [-0.2, 0) is 15.8 Å². The van der Waals surface area contributed by atoms with Crippen molar-refractivity contribution in [2.45, 2.75) is 51.6 Å². The summed E-state index contributed by atoms with van der Waals surface area (Å²) < 4.78 is 46.5. The van der Waals surface area contributed by atoms with E-state index in [0.717, 1.165) is 12.8 Å².